The summed E-state index contributed by atoms with van der Waals surface area (Å²) in [6.45, 7) is 2.68. The highest BCUT2D eigenvalue weighted by molar-refractivity contribution is 5.86. The van der Waals surface area contributed by atoms with Crippen molar-refractivity contribution in [2.75, 3.05) is 20.2 Å². The summed E-state index contributed by atoms with van der Waals surface area (Å²) in [5.74, 6) is 2.09. The van der Waals surface area contributed by atoms with E-state index in [2.05, 4.69) is 19.6 Å². The number of piperidine rings is 1. The molecule has 1 atom stereocenters. The normalized spacial score (nSPS) is 19.6. The third-order valence-electron chi connectivity index (χ3n) is 3.84. The molecule has 6 heteroatoms. The van der Waals surface area contributed by atoms with Crippen LogP contribution in [-0.2, 0) is 11.3 Å². The van der Waals surface area contributed by atoms with Gasteiger partial charge in [-0.2, -0.15) is 0 Å². The second-order valence-electron chi connectivity index (χ2n) is 5.31. The van der Waals surface area contributed by atoms with Crippen LogP contribution in [0.4, 0.5) is 0 Å². The maximum absolute atomic E-state index is 11.4. The number of aromatic amines is 1. The van der Waals surface area contributed by atoms with E-state index >= 15 is 0 Å². The van der Waals surface area contributed by atoms with Crippen molar-refractivity contribution in [3.63, 3.8) is 0 Å². The third-order valence-corrected chi connectivity index (χ3v) is 3.84. The van der Waals surface area contributed by atoms with Crippen molar-refractivity contribution in [3.8, 4) is 0 Å². The third kappa shape index (κ3) is 3.16. The second-order valence-corrected chi connectivity index (χ2v) is 5.31. The summed E-state index contributed by atoms with van der Waals surface area (Å²) in [4.78, 5) is 21.3. The van der Waals surface area contributed by atoms with Crippen LogP contribution < -0.4 is 0 Å². The molecule has 1 aliphatic rings. The van der Waals surface area contributed by atoms with Crippen molar-refractivity contribution in [2.24, 2.45) is 0 Å². The first-order chi connectivity index (χ1) is 10.3. The number of likely N-dealkylation sites (tertiary alicyclic amines) is 1. The molecule has 1 aliphatic heterocycles. The van der Waals surface area contributed by atoms with Crippen LogP contribution in [0.3, 0.4) is 0 Å². The number of imidazole rings is 1. The van der Waals surface area contributed by atoms with E-state index in [9.17, 15) is 4.79 Å². The molecule has 0 unspecified atom stereocenters. The fourth-order valence-corrected chi connectivity index (χ4v) is 2.82. The minimum atomic E-state index is -0.437. The molecule has 1 saturated heterocycles. The van der Waals surface area contributed by atoms with E-state index in [1.807, 2.05) is 12.3 Å². The smallest absolute Gasteiger partial charge is 0.373 e. The lowest BCUT2D eigenvalue weighted by atomic mass is 9.97. The Kier molecular flexibility index (Phi) is 4.06. The van der Waals surface area contributed by atoms with Gasteiger partial charge in [0, 0.05) is 24.9 Å². The number of furan rings is 1. The Bertz CT molecular complexity index is 591. The molecule has 0 aromatic carbocycles. The lowest BCUT2D eigenvalue weighted by Crippen LogP contribution is -2.34. The lowest BCUT2D eigenvalue weighted by Gasteiger charge is -2.31. The summed E-state index contributed by atoms with van der Waals surface area (Å²) >= 11 is 0. The van der Waals surface area contributed by atoms with Gasteiger partial charge in [0.15, 0.2) is 0 Å². The minimum absolute atomic E-state index is 0.257. The van der Waals surface area contributed by atoms with Crippen LogP contribution in [0.25, 0.3) is 0 Å². The number of methoxy groups -OCH3 is 1. The van der Waals surface area contributed by atoms with Crippen molar-refractivity contribution in [2.45, 2.75) is 25.3 Å². The molecule has 3 rings (SSSR count). The van der Waals surface area contributed by atoms with Crippen LogP contribution in [0.15, 0.2) is 28.9 Å². The molecule has 0 radical (unpaired) electrons. The standard InChI is InChI=1S/C15H19N3O3/c1-20-15(19)13-5-4-12(21-13)10-18-8-2-3-11(9-18)14-16-6-7-17-14/h4-7,11H,2-3,8-10H2,1H3,(H,16,17)/t11-/m1/s1. The summed E-state index contributed by atoms with van der Waals surface area (Å²) in [7, 11) is 1.35. The highest BCUT2D eigenvalue weighted by Crippen LogP contribution is 2.25. The van der Waals surface area contributed by atoms with Gasteiger partial charge in [-0.3, -0.25) is 4.90 Å². The molecule has 6 nitrogen and oxygen atoms in total. The van der Waals surface area contributed by atoms with Crippen LogP contribution >= 0.6 is 0 Å². The van der Waals surface area contributed by atoms with Crippen molar-refractivity contribution >= 4 is 5.97 Å². The van der Waals surface area contributed by atoms with Gasteiger partial charge in [0.05, 0.1) is 13.7 Å². The van der Waals surface area contributed by atoms with Gasteiger partial charge in [0.25, 0.3) is 0 Å². The van der Waals surface area contributed by atoms with E-state index in [4.69, 9.17) is 4.42 Å². The van der Waals surface area contributed by atoms with Crippen LogP contribution in [0.2, 0.25) is 0 Å². The molecule has 3 heterocycles. The van der Waals surface area contributed by atoms with E-state index in [1.54, 1.807) is 12.3 Å². The zero-order chi connectivity index (χ0) is 14.7. The van der Waals surface area contributed by atoms with E-state index in [-0.39, 0.29) is 5.76 Å². The molecule has 112 valence electrons. The van der Waals surface area contributed by atoms with E-state index in [1.165, 1.54) is 7.11 Å². The van der Waals surface area contributed by atoms with E-state index in [0.717, 1.165) is 37.5 Å². The van der Waals surface area contributed by atoms with Gasteiger partial charge in [-0.1, -0.05) is 0 Å². The van der Waals surface area contributed by atoms with Gasteiger partial charge in [-0.25, -0.2) is 9.78 Å². The molecular formula is C15H19N3O3. The summed E-state index contributed by atoms with van der Waals surface area (Å²) in [6.07, 6.45) is 5.94. The summed E-state index contributed by atoms with van der Waals surface area (Å²) in [5.41, 5.74) is 0. The topological polar surface area (TPSA) is 71.4 Å². The number of nitrogens with zero attached hydrogens (tertiary/aromatic N) is 2. The Balaban J connectivity index is 1.62. The Morgan fingerprint density at radius 3 is 3.24 bits per heavy atom. The van der Waals surface area contributed by atoms with Crippen LogP contribution in [0, 0.1) is 0 Å². The number of H-pyrrole nitrogens is 1. The van der Waals surface area contributed by atoms with Crippen LogP contribution in [0.5, 0.6) is 0 Å². The first kappa shape index (κ1) is 13.9. The molecular weight excluding hydrogens is 270 g/mol. The number of aromatic nitrogens is 2. The fraction of sp³-hybridized carbons (Fsp3) is 0.467. The number of hydrogen-bond donors (Lipinski definition) is 1. The molecule has 2 aromatic rings. The molecule has 21 heavy (non-hydrogen) atoms. The Labute approximate surface area is 123 Å². The molecule has 0 saturated carbocycles. The molecule has 0 aliphatic carbocycles. The van der Waals surface area contributed by atoms with Gasteiger partial charge in [0.1, 0.15) is 11.6 Å². The molecule has 2 aromatic heterocycles. The van der Waals surface area contributed by atoms with E-state index < -0.39 is 5.97 Å². The number of rotatable bonds is 4. The van der Waals surface area contributed by atoms with Crippen molar-refractivity contribution in [1.29, 1.82) is 0 Å². The number of ether oxygens (including phenoxy) is 1. The first-order valence-electron chi connectivity index (χ1n) is 7.15. The molecule has 0 spiro atoms. The Morgan fingerprint density at radius 1 is 1.57 bits per heavy atom. The van der Waals surface area contributed by atoms with Gasteiger partial charge >= 0.3 is 5.97 Å². The predicted molar refractivity (Wildman–Crippen MR) is 75.9 cm³/mol. The van der Waals surface area contributed by atoms with Gasteiger partial charge in [0.2, 0.25) is 5.76 Å². The number of nitrogens with one attached hydrogen (secondary N) is 1. The molecule has 0 amide bonds. The zero-order valence-corrected chi connectivity index (χ0v) is 12.0. The van der Waals surface area contributed by atoms with Crippen LogP contribution in [0.1, 0.15) is 40.9 Å². The number of carbonyl (C=O) groups excluding carboxylic acids is 1. The number of esters is 1. The summed E-state index contributed by atoms with van der Waals surface area (Å²) in [5, 5.41) is 0. The average Bonchev–Trinajstić information content (AvgIpc) is 3.18. The SMILES string of the molecule is COC(=O)c1ccc(CN2CCC[C@@H](c3ncc[nH]3)C2)o1. The van der Waals surface area contributed by atoms with Crippen molar-refractivity contribution < 1.29 is 13.9 Å². The zero-order valence-electron chi connectivity index (χ0n) is 12.0. The van der Waals surface area contributed by atoms with Gasteiger partial charge in [-0.05, 0) is 31.5 Å². The summed E-state index contributed by atoms with van der Waals surface area (Å²) in [6, 6.07) is 3.50. The van der Waals surface area contributed by atoms with Crippen molar-refractivity contribution in [1.82, 2.24) is 14.9 Å². The fourth-order valence-electron chi connectivity index (χ4n) is 2.82. The van der Waals surface area contributed by atoms with E-state index in [0.29, 0.717) is 12.5 Å². The number of carbonyl (C=O) groups is 1. The first-order valence-corrected chi connectivity index (χ1v) is 7.15. The lowest BCUT2D eigenvalue weighted by molar-refractivity contribution is 0.0560. The minimum Gasteiger partial charge on any atom is -0.463 e. The summed E-state index contributed by atoms with van der Waals surface area (Å²) < 4.78 is 10.2. The van der Waals surface area contributed by atoms with Gasteiger partial charge < -0.3 is 14.1 Å². The molecule has 0 bridgehead atoms. The van der Waals surface area contributed by atoms with Gasteiger partial charge in [-0.15, -0.1) is 0 Å². The predicted octanol–water partition coefficient (Wildman–Crippen LogP) is 2.17. The Morgan fingerprint density at radius 2 is 2.48 bits per heavy atom. The highest BCUT2D eigenvalue weighted by atomic mass is 16.5. The molecule has 1 fully saturated rings. The largest absolute Gasteiger partial charge is 0.463 e. The Hall–Kier alpha value is -2.08. The quantitative estimate of drug-likeness (QED) is 0.873. The number of hydrogen-bond acceptors (Lipinski definition) is 5. The maximum atomic E-state index is 11.4. The maximum Gasteiger partial charge on any atom is 0.373 e. The average molecular weight is 289 g/mol. The van der Waals surface area contributed by atoms with Crippen LogP contribution in [-0.4, -0.2) is 41.0 Å². The highest BCUT2D eigenvalue weighted by Gasteiger charge is 2.24. The van der Waals surface area contributed by atoms with Crippen molar-refractivity contribution in [3.05, 3.63) is 41.9 Å². The monoisotopic (exact) mass is 289 g/mol. The second kappa shape index (κ2) is 6.13. The molecule has 1 N–H and O–H groups in total.